The lowest BCUT2D eigenvalue weighted by atomic mass is 10.1. The Morgan fingerprint density at radius 3 is 2.81 bits per heavy atom. The first-order chi connectivity index (χ1) is 10.1. The largest absolute Gasteiger partial charge is 0.378 e. The fourth-order valence-corrected chi connectivity index (χ4v) is 2.99. The zero-order valence-corrected chi connectivity index (χ0v) is 13.8. The lowest BCUT2D eigenvalue weighted by Crippen LogP contribution is -2.07. The highest BCUT2D eigenvalue weighted by atomic mass is 79.9. The van der Waals surface area contributed by atoms with E-state index >= 15 is 0 Å². The molecule has 1 aromatic heterocycles. The Hall–Kier alpha value is -1.58. The van der Waals surface area contributed by atoms with E-state index in [1.807, 2.05) is 36.4 Å². The monoisotopic (exact) mass is 360 g/mol. The Kier molecular flexibility index (Phi) is 4.13. The maximum Gasteiger partial charge on any atom is 0.0908 e. The molecular formula is C17H14BrClN2. The highest BCUT2D eigenvalue weighted by Gasteiger charge is 2.10. The van der Waals surface area contributed by atoms with Crippen molar-refractivity contribution >= 4 is 44.1 Å². The van der Waals surface area contributed by atoms with Gasteiger partial charge in [-0.1, -0.05) is 39.7 Å². The highest BCUT2D eigenvalue weighted by Crippen LogP contribution is 2.30. The first-order valence-electron chi connectivity index (χ1n) is 6.70. The minimum atomic E-state index is 0.187. The van der Waals surface area contributed by atoms with Gasteiger partial charge in [0.05, 0.1) is 10.5 Å². The summed E-state index contributed by atoms with van der Waals surface area (Å²) in [4.78, 5) is 4.36. The van der Waals surface area contributed by atoms with Gasteiger partial charge in [0, 0.05) is 27.8 Å². The fourth-order valence-electron chi connectivity index (χ4n) is 2.36. The number of anilines is 1. The second kappa shape index (κ2) is 6.04. The van der Waals surface area contributed by atoms with E-state index in [0.29, 0.717) is 5.02 Å². The highest BCUT2D eigenvalue weighted by molar-refractivity contribution is 9.10. The van der Waals surface area contributed by atoms with Crippen LogP contribution in [0.5, 0.6) is 0 Å². The minimum Gasteiger partial charge on any atom is -0.378 e. The number of pyridine rings is 1. The van der Waals surface area contributed by atoms with Crippen molar-refractivity contribution in [2.45, 2.75) is 13.0 Å². The second-order valence-electron chi connectivity index (χ2n) is 4.92. The normalized spacial score (nSPS) is 12.3. The molecule has 1 N–H and O–H groups in total. The predicted octanol–water partition coefficient (Wildman–Crippen LogP) is 5.82. The Morgan fingerprint density at radius 2 is 2.00 bits per heavy atom. The molecule has 4 heteroatoms. The number of nitrogens with one attached hydrogen (secondary N) is 1. The third-order valence-electron chi connectivity index (χ3n) is 3.44. The molecule has 106 valence electrons. The smallest absolute Gasteiger partial charge is 0.0908 e. The van der Waals surface area contributed by atoms with Gasteiger partial charge in [0.15, 0.2) is 0 Å². The molecule has 0 fully saturated rings. The standard InChI is InChI=1S/C17H14BrClN2/c1-11(12-4-2-5-13(18)10-12)21-16-8-7-15(19)17-14(16)6-3-9-20-17/h2-11,21H,1H3. The zero-order chi connectivity index (χ0) is 14.8. The lowest BCUT2D eigenvalue weighted by Gasteiger charge is -2.18. The van der Waals surface area contributed by atoms with E-state index in [4.69, 9.17) is 11.6 Å². The average Bonchev–Trinajstić information content (AvgIpc) is 2.50. The molecule has 3 aromatic rings. The first-order valence-corrected chi connectivity index (χ1v) is 7.87. The van der Waals surface area contributed by atoms with Crippen LogP contribution in [0, 0.1) is 0 Å². The van der Waals surface area contributed by atoms with Crippen molar-refractivity contribution in [1.82, 2.24) is 4.98 Å². The van der Waals surface area contributed by atoms with E-state index in [9.17, 15) is 0 Å². The molecule has 0 spiro atoms. The first kappa shape index (κ1) is 14.4. The maximum atomic E-state index is 6.21. The van der Waals surface area contributed by atoms with Crippen LogP contribution in [0.4, 0.5) is 5.69 Å². The lowest BCUT2D eigenvalue weighted by molar-refractivity contribution is 0.886. The van der Waals surface area contributed by atoms with Gasteiger partial charge in [-0.2, -0.15) is 0 Å². The van der Waals surface area contributed by atoms with Gasteiger partial charge in [-0.05, 0) is 48.9 Å². The number of nitrogens with zero attached hydrogens (tertiary/aromatic N) is 1. The summed E-state index contributed by atoms with van der Waals surface area (Å²) in [6.45, 7) is 2.14. The van der Waals surface area contributed by atoms with Crippen LogP contribution >= 0.6 is 27.5 Å². The minimum absolute atomic E-state index is 0.187. The SMILES string of the molecule is CC(Nc1ccc(Cl)c2ncccc12)c1cccc(Br)c1. The summed E-state index contributed by atoms with van der Waals surface area (Å²) in [7, 11) is 0. The van der Waals surface area contributed by atoms with Crippen molar-refractivity contribution < 1.29 is 0 Å². The van der Waals surface area contributed by atoms with Gasteiger partial charge in [0.25, 0.3) is 0 Å². The van der Waals surface area contributed by atoms with E-state index in [1.165, 1.54) is 5.56 Å². The molecule has 0 saturated carbocycles. The van der Waals surface area contributed by atoms with Gasteiger partial charge >= 0.3 is 0 Å². The number of hydrogen-bond donors (Lipinski definition) is 1. The third kappa shape index (κ3) is 3.04. The van der Waals surface area contributed by atoms with Crippen LogP contribution in [-0.2, 0) is 0 Å². The van der Waals surface area contributed by atoms with Crippen LogP contribution in [0.1, 0.15) is 18.5 Å². The molecule has 1 unspecified atom stereocenters. The zero-order valence-electron chi connectivity index (χ0n) is 11.5. The van der Waals surface area contributed by atoms with E-state index in [0.717, 1.165) is 21.1 Å². The summed E-state index contributed by atoms with van der Waals surface area (Å²) in [6.07, 6.45) is 1.76. The molecule has 0 aliphatic rings. The van der Waals surface area contributed by atoms with Gasteiger partial charge in [-0.15, -0.1) is 0 Å². The van der Waals surface area contributed by atoms with Crippen molar-refractivity contribution in [1.29, 1.82) is 0 Å². The molecule has 0 saturated heterocycles. The molecule has 0 aliphatic heterocycles. The third-order valence-corrected chi connectivity index (χ3v) is 4.24. The van der Waals surface area contributed by atoms with E-state index in [2.05, 4.69) is 45.3 Å². The summed E-state index contributed by atoms with van der Waals surface area (Å²) in [5, 5.41) is 5.24. The van der Waals surface area contributed by atoms with Crippen LogP contribution < -0.4 is 5.32 Å². The molecule has 1 heterocycles. The molecule has 2 nitrogen and oxygen atoms in total. The molecule has 0 amide bonds. The number of aromatic nitrogens is 1. The number of rotatable bonds is 3. The van der Waals surface area contributed by atoms with Crippen molar-refractivity contribution in [3.8, 4) is 0 Å². The number of hydrogen-bond acceptors (Lipinski definition) is 2. The van der Waals surface area contributed by atoms with Crippen molar-refractivity contribution in [2.75, 3.05) is 5.32 Å². The summed E-state index contributed by atoms with van der Waals surface area (Å²) >= 11 is 9.72. The molecule has 3 rings (SSSR count). The van der Waals surface area contributed by atoms with E-state index in [-0.39, 0.29) is 6.04 Å². The van der Waals surface area contributed by atoms with Crippen LogP contribution in [0.3, 0.4) is 0 Å². The van der Waals surface area contributed by atoms with Gasteiger partial charge in [0.2, 0.25) is 0 Å². The molecule has 1 atom stereocenters. The Bertz CT molecular complexity index is 789. The van der Waals surface area contributed by atoms with Gasteiger partial charge < -0.3 is 5.32 Å². The topological polar surface area (TPSA) is 24.9 Å². The molecule has 0 aliphatic carbocycles. The van der Waals surface area contributed by atoms with Gasteiger partial charge in [0.1, 0.15) is 0 Å². The van der Waals surface area contributed by atoms with Crippen LogP contribution in [0.15, 0.2) is 59.2 Å². The summed E-state index contributed by atoms with van der Waals surface area (Å²) in [5.74, 6) is 0. The summed E-state index contributed by atoms with van der Waals surface area (Å²) in [6, 6.07) is 16.3. The fraction of sp³-hybridized carbons (Fsp3) is 0.118. The van der Waals surface area contributed by atoms with Gasteiger partial charge in [-0.3, -0.25) is 4.98 Å². The number of benzene rings is 2. The molecule has 2 aromatic carbocycles. The summed E-state index contributed by atoms with van der Waals surface area (Å²) < 4.78 is 1.08. The average molecular weight is 362 g/mol. The van der Waals surface area contributed by atoms with Crippen molar-refractivity contribution in [3.63, 3.8) is 0 Å². The summed E-state index contributed by atoms with van der Waals surface area (Å²) in [5.41, 5.74) is 3.08. The quantitative estimate of drug-likeness (QED) is 0.635. The van der Waals surface area contributed by atoms with Crippen LogP contribution in [0.25, 0.3) is 10.9 Å². The Labute approximate surface area is 137 Å². The van der Waals surface area contributed by atoms with Gasteiger partial charge in [-0.25, -0.2) is 0 Å². The van der Waals surface area contributed by atoms with Crippen LogP contribution in [-0.4, -0.2) is 4.98 Å². The number of fused-ring (bicyclic) bond motifs is 1. The molecule has 0 radical (unpaired) electrons. The van der Waals surface area contributed by atoms with Crippen molar-refractivity contribution in [2.24, 2.45) is 0 Å². The van der Waals surface area contributed by atoms with Crippen molar-refractivity contribution in [3.05, 3.63) is 69.8 Å². The second-order valence-corrected chi connectivity index (χ2v) is 6.24. The van der Waals surface area contributed by atoms with E-state index < -0.39 is 0 Å². The molecule has 21 heavy (non-hydrogen) atoms. The van der Waals surface area contributed by atoms with Crippen LogP contribution in [0.2, 0.25) is 5.02 Å². The molecule has 0 bridgehead atoms. The maximum absolute atomic E-state index is 6.21. The Morgan fingerprint density at radius 1 is 1.14 bits per heavy atom. The molecular weight excluding hydrogens is 348 g/mol. The number of halogens is 2. The van der Waals surface area contributed by atoms with E-state index in [1.54, 1.807) is 6.20 Å². The predicted molar refractivity (Wildman–Crippen MR) is 92.9 cm³/mol. The Balaban J connectivity index is 1.97.